The molecule has 0 radical (unpaired) electrons. The second-order valence-corrected chi connectivity index (χ2v) is 10.6. The van der Waals surface area contributed by atoms with Gasteiger partial charge in [-0.05, 0) is 36.1 Å². The third-order valence-corrected chi connectivity index (χ3v) is 8.61. The predicted octanol–water partition coefficient (Wildman–Crippen LogP) is 4.72. The normalized spacial score (nSPS) is 29.5. The number of nitrogens with zero attached hydrogens (tertiary/aromatic N) is 3. The highest BCUT2D eigenvalue weighted by molar-refractivity contribution is 5.94. The maximum atomic E-state index is 13.7. The molecule has 5 rings (SSSR count). The molecule has 0 bridgehead atoms. The lowest BCUT2D eigenvalue weighted by Crippen LogP contribution is -2.71. The summed E-state index contributed by atoms with van der Waals surface area (Å²) in [6, 6.07) is 10.5. The molecule has 1 amide bonds. The number of hydrogen-bond acceptors (Lipinski definition) is 3. The molecular weight excluding hydrogens is 384 g/mol. The van der Waals surface area contributed by atoms with E-state index in [1.54, 1.807) is 0 Å². The van der Waals surface area contributed by atoms with E-state index in [1.165, 1.54) is 25.7 Å². The molecule has 2 fully saturated rings. The van der Waals surface area contributed by atoms with Crippen LogP contribution in [0.3, 0.4) is 0 Å². The van der Waals surface area contributed by atoms with Crippen LogP contribution in [0, 0.1) is 16.7 Å². The number of benzene rings is 1. The van der Waals surface area contributed by atoms with Crippen molar-refractivity contribution < 1.29 is 4.79 Å². The zero-order valence-electron chi connectivity index (χ0n) is 19.4. The van der Waals surface area contributed by atoms with E-state index >= 15 is 0 Å². The van der Waals surface area contributed by atoms with Crippen molar-refractivity contribution in [2.75, 3.05) is 13.1 Å². The van der Waals surface area contributed by atoms with E-state index < -0.39 is 0 Å². The molecule has 1 aliphatic heterocycles. The van der Waals surface area contributed by atoms with Gasteiger partial charge in [0, 0.05) is 31.2 Å². The van der Waals surface area contributed by atoms with Gasteiger partial charge in [-0.15, -0.1) is 0 Å². The summed E-state index contributed by atoms with van der Waals surface area (Å²) < 4.78 is 2.27. The first-order chi connectivity index (χ1) is 14.9. The number of hydrogen-bond donors (Lipinski definition) is 1. The van der Waals surface area contributed by atoms with Crippen LogP contribution in [0.25, 0.3) is 11.4 Å². The van der Waals surface area contributed by atoms with Crippen molar-refractivity contribution in [1.82, 2.24) is 19.8 Å². The van der Waals surface area contributed by atoms with Crippen LogP contribution in [0.5, 0.6) is 0 Å². The first-order valence-corrected chi connectivity index (χ1v) is 12.0. The number of carbonyl (C=O) groups excluding carboxylic acids is 1. The quantitative estimate of drug-likeness (QED) is 0.779. The minimum Gasteiger partial charge on any atom is -0.347 e. The van der Waals surface area contributed by atoms with Gasteiger partial charge in [0.05, 0.1) is 5.69 Å². The van der Waals surface area contributed by atoms with Crippen molar-refractivity contribution in [1.29, 1.82) is 0 Å². The summed E-state index contributed by atoms with van der Waals surface area (Å²) in [6.45, 7) is 12.9. The third kappa shape index (κ3) is 3.15. The smallest absolute Gasteiger partial charge is 0.272 e. The predicted molar refractivity (Wildman–Crippen MR) is 124 cm³/mol. The van der Waals surface area contributed by atoms with Crippen LogP contribution in [0.15, 0.2) is 30.3 Å². The lowest BCUT2D eigenvalue weighted by molar-refractivity contribution is -0.156. The number of imidazole rings is 1. The van der Waals surface area contributed by atoms with E-state index in [0.29, 0.717) is 11.6 Å². The first-order valence-electron chi connectivity index (χ1n) is 12.0. The van der Waals surface area contributed by atoms with E-state index in [1.807, 2.05) is 18.2 Å². The van der Waals surface area contributed by atoms with Crippen LogP contribution in [-0.2, 0) is 13.1 Å². The number of amides is 1. The molecule has 166 valence electrons. The largest absolute Gasteiger partial charge is 0.347 e. The van der Waals surface area contributed by atoms with Crippen LogP contribution >= 0.6 is 0 Å². The minimum atomic E-state index is 0.00667. The van der Waals surface area contributed by atoms with Gasteiger partial charge in [-0.3, -0.25) is 9.69 Å². The van der Waals surface area contributed by atoms with E-state index in [-0.39, 0.29) is 22.8 Å². The highest BCUT2D eigenvalue weighted by Crippen LogP contribution is 2.65. The van der Waals surface area contributed by atoms with Gasteiger partial charge in [0.2, 0.25) is 0 Å². The molecule has 2 aliphatic carbocycles. The van der Waals surface area contributed by atoms with Gasteiger partial charge >= 0.3 is 0 Å². The van der Waals surface area contributed by atoms with E-state index in [0.717, 1.165) is 43.3 Å². The van der Waals surface area contributed by atoms with Crippen molar-refractivity contribution in [2.45, 2.75) is 72.5 Å². The Morgan fingerprint density at radius 3 is 2.68 bits per heavy atom. The van der Waals surface area contributed by atoms with Crippen LogP contribution in [-0.4, -0.2) is 39.5 Å². The van der Waals surface area contributed by atoms with Gasteiger partial charge < -0.3 is 9.88 Å². The molecule has 3 atom stereocenters. The number of likely N-dealkylation sites (N-methyl/N-ethyl adjacent to an activating group) is 1. The standard InChI is InChI=1S/C26H36N4O/c1-5-29-15-16-30-19(17-29)21(27-22(30)18-11-7-6-8-12-18)23(31)28-24-25(2,3)20-13-9-10-14-26(20,24)4/h6-8,11-12,20,24H,5,9-10,13-17H2,1-4H3,(H,28,31). The molecule has 3 unspecified atom stereocenters. The average molecular weight is 421 g/mol. The van der Waals surface area contributed by atoms with Crippen LogP contribution in [0.4, 0.5) is 0 Å². The van der Waals surface area contributed by atoms with Gasteiger partial charge in [0.1, 0.15) is 5.82 Å². The molecule has 31 heavy (non-hydrogen) atoms. The Morgan fingerprint density at radius 1 is 1.16 bits per heavy atom. The average Bonchev–Trinajstić information content (AvgIpc) is 3.16. The van der Waals surface area contributed by atoms with Crippen molar-refractivity contribution in [3.63, 3.8) is 0 Å². The van der Waals surface area contributed by atoms with Gasteiger partial charge in [-0.2, -0.15) is 0 Å². The number of fused-ring (bicyclic) bond motifs is 2. The molecule has 2 aromatic rings. The summed E-state index contributed by atoms with van der Waals surface area (Å²) in [5.74, 6) is 1.63. The fraction of sp³-hybridized carbons (Fsp3) is 0.615. The third-order valence-electron chi connectivity index (χ3n) is 8.61. The zero-order chi connectivity index (χ0) is 21.8. The number of carbonyl (C=O) groups is 1. The molecular formula is C26H36N4O. The second-order valence-electron chi connectivity index (χ2n) is 10.6. The lowest BCUT2D eigenvalue weighted by atomic mass is 9.40. The molecule has 0 saturated heterocycles. The van der Waals surface area contributed by atoms with Crippen molar-refractivity contribution in [3.05, 3.63) is 41.7 Å². The lowest BCUT2D eigenvalue weighted by Gasteiger charge is -2.67. The highest BCUT2D eigenvalue weighted by Gasteiger charge is 2.64. The van der Waals surface area contributed by atoms with Crippen LogP contribution < -0.4 is 5.32 Å². The molecule has 1 N–H and O–H groups in total. The van der Waals surface area contributed by atoms with Crippen molar-refractivity contribution >= 4 is 5.91 Å². The molecule has 0 spiro atoms. The molecule has 2 saturated carbocycles. The van der Waals surface area contributed by atoms with Crippen molar-refractivity contribution in [2.24, 2.45) is 16.7 Å². The topological polar surface area (TPSA) is 50.2 Å². The number of nitrogens with one attached hydrogen (secondary N) is 1. The first kappa shape index (κ1) is 20.7. The summed E-state index contributed by atoms with van der Waals surface area (Å²) >= 11 is 0. The molecule has 2 heterocycles. The van der Waals surface area contributed by atoms with Crippen LogP contribution in [0.1, 0.15) is 69.6 Å². The minimum absolute atomic E-state index is 0.00667. The fourth-order valence-corrected chi connectivity index (χ4v) is 7.11. The Balaban J connectivity index is 1.48. The Hall–Kier alpha value is -2.14. The Kier molecular flexibility index (Phi) is 5.00. The van der Waals surface area contributed by atoms with Crippen molar-refractivity contribution in [3.8, 4) is 11.4 Å². The van der Waals surface area contributed by atoms with E-state index in [4.69, 9.17) is 4.98 Å². The molecule has 1 aromatic heterocycles. The Labute approximate surface area is 186 Å². The SMILES string of the molecule is CCN1CCn2c(-c3ccccc3)nc(C(=O)NC3C(C)(C)C4CCCCC43C)c2C1. The van der Waals surface area contributed by atoms with E-state index in [2.05, 4.69) is 54.6 Å². The summed E-state index contributed by atoms with van der Waals surface area (Å²) in [5, 5.41) is 3.48. The number of rotatable bonds is 4. The Morgan fingerprint density at radius 2 is 1.94 bits per heavy atom. The van der Waals surface area contributed by atoms with Crippen LogP contribution in [0.2, 0.25) is 0 Å². The maximum Gasteiger partial charge on any atom is 0.272 e. The highest BCUT2D eigenvalue weighted by atomic mass is 16.2. The molecule has 3 aliphatic rings. The van der Waals surface area contributed by atoms with Gasteiger partial charge in [-0.1, -0.05) is 70.9 Å². The molecule has 5 heteroatoms. The Bertz CT molecular complexity index is 979. The molecule has 1 aromatic carbocycles. The summed E-state index contributed by atoms with van der Waals surface area (Å²) in [6.07, 6.45) is 5.11. The summed E-state index contributed by atoms with van der Waals surface area (Å²) in [7, 11) is 0. The summed E-state index contributed by atoms with van der Waals surface area (Å²) in [5.41, 5.74) is 3.12. The van der Waals surface area contributed by atoms with Gasteiger partial charge in [0.15, 0.2) is 5.69 Å². The molecule has 5 nitrogen and oxygen atoms in total. The number of aromatic nitrogens is 2. The zero-order valence-corrected chi connectivity index (χ0v) is 19.4. The monoisotopic (exact) mass is 420 g/mol. The second kappa shape index (κ2) is 7.47. The summed E-state index contributed by atoms with van der Waals surface area (Å²) in [4.78, 5) is 21.0. The fourth-order valence-electron chi connectivity index (χ4n) is 7.11. The van der Waals surface area contributed by atoms with Gasteiger partial charge in [0.25, 0.3) is 5.91 Å². The maximum absolute atomic E-state index is 13.7. The van der Waals surface area contributed by atoms with E-state index in [9.17, 15) is 4.79 Å². The van der Waals surface area contributed by atoms with Gasteiger partial charge in [-0.25, -0.2) is 4.98 Å².